The number of nitrogens with one attached hydrogen (secondary N) is 1. The predicted octanol–water partition coefficient (Wildman–Crippen LogP) is 4.43. The van der Waals surface area contributed by atoms with Crippen molar-refractivity contribution < 1.29 is 18.0 Å². The van der Waals surface area contributed by atoms with Crippen molar-refractivity contribution in [1.29, 1.82) is 0 Å². The average Bonchev–Trinajstić information content (AvgIpc) is 2.89. The zero-order valence-corrected chi connectivity index (χ0v) is 23.3. The second-order valence-electron chi connectivity index (χ2n) is 8.13. The molecule has 0 heterocycles. The molecular formula is C27H30IN3O4S. The Morgan fingerprint density at radius 1 is 0.889 bits per heavy atom. The molecule has 3 aromatic carbocycles. The van der Waals surface area contributed by atoms with E-state index in [1.807, 2.05) is 44.2 Å². The minimum atomic E-state index is -4.05. The highest BCUT2D eigenvalue weighted by atomic mass is 127. The smallest absolute Gasteiger partial charge is 0.264 e. The Labute approximate surface area is 226 Å². The van der Waals surface area contributed by atoms with E-state index in [4.69, 9.17) is 0 Å². The van der Waals surface area contributed by atoms with Crippen molar-refractivity contribution in [2.24, 2.45) is 0 Å². The summed E-state index contributed by atoms with van der Waals surface area (Å²) in [7, 11) is -4.05. The van der Waals surface area contributed by atoms with Gasteiger partial charge in [-0.15, -0.1) is 0 Å². The molecule has 3 aromatic rings. The maximum absolute atomic E-state index is 13.8. The topological polar surface area (TPSA) is 86.8 Å². The number of benzene rings is 3. The largest absolute Gasteiger partial charge is 0.355 e. The van der Waals surface area contributed by atoms with Crippen LogP contribution >= 0.6 is 22.6 Å². The first-order valence-corrected chi connectivity index (χ1v) is 14.2. The average molecular weight is 620 g/mol. The van der Waals surface area contributed by atoms with Gasteiger partial charge in [0, 0.05) is 16.7 Å². The summed E-state index contributed by atoms with van der Waals surface area (Å²) in [6, 6.07) is 23.6. The number of carbonyl (C=O) groups excluding carboxylic acids is 2. The first kappa shape index (κ1) is 27.7. The molecule has 0 saturated heterocycles. The number of hydrogen-bond acceptors (Lipinski definition) is 4. The van der Waals surface area contributed by atoms with Crippen LogP contribution in [0.4, 0.5) is 5.69 Å². The van der Waals surface area contributed by atoms with E-state index < -0.39 is 28.5 Å². The van der Waals surface area contributed by atoms with Gasteiger partial charge in [-0.05, 0) is 77.9 Å². The molecular weight excluding hydrogens is 589 g/mol. The van der Waals surface area contributed by atoms with Gasteiger partial charge in [0.1, 0.15) is 12.6 Å². The predicted molar refractivity (Wildman–Crippen MR) is 150 cm³/mol. The third kappa shape index (κ3) is 6.85. The van der Waals surface area contributed by atoms with E-state index >= 15 is 0 Å². The highest BCUT2D eigenvalue weighted by molar-refractivity contribution is 14.1. The fraction of sp³-hybridized carbons (Fsp3) is 0.259. The number of sulfonamides is 1. The van der Waals surface area contributed by atoms with Crippen LogP contribution in [0.25, 0.3) is 0 Å². The van der Waals surface area contributed by atoms with Gasteiger partial charge in [-0.2, -0.15) is 0 Å². The summed E-state index contributed by atoms with van der Waals surface area (Å²) in [6.45, 7) is 3.82. The van der Waals surface area contributed by atoms with Crippen LogP contribution in [-0.4, -0.2) is 44.3 Å². The summed E-state index contributed by atoms with van der Waals surface area (Å²) in [5.74, 6) is -0.731. The number of halogens is 1. The third-order valence-electron chi connectivity index (χ3n) is 5.66. The lowest BCUT2D eigenvalue weighted by Gasteiger charge is -2.33. The lowest BCUT2D eigenvalue weighted by Crippen LogP contribution is -2.52. The van der Waals surface area contributed by atoms with Gasteiger partial charge >= 0.3 is 0 Å². The summed E-state index contributed by atoms with van der Waals surface area (Å²) in [5, 5.41) is 2.80. The molecule has 1 N–H and O–H groups in total. The van der Waals surface area contributed by atoms with Crippen molar-refractivity contribution >= 4 is 50.1 Å². The SMILES string of the molecule is CCNC(=O)C(CC)N(Cc1ccccc1)C(=O)CN(c1ccc(I)cc1)S(=O)(=O)c1ccccc1. The van der Waals surface area contributed by atoms with Crippen LogP contribution in [0.5, 0.6) is 0 Å². The molecule has 7 nitrogen and oxygen atoms in total. The fourth-order valence-electron chi connectivity index (χ4n) is 3.85. The summed E-state index contributed by atoms with van der Waals surface area (Å²) in [5.41, 5.74) is 1.22. The van der Waals surface area contributed by atoms with Gasteiger partial charge < -0.3 is 10.2 Å². The number of rotatable bonds is 11. The molecule has 36 heavy (non-hydrogen) atoms. The lowest BCUT2D eigenvalue weighted by molar-refractivity contribution is -0.140. The van der Waals surface area contributed by atoms with Gasteiger partial charge in [0.2, 0.25) is 11.8 Å². The van der Waals surface area contributed by atoms with E-state index in [1.165, 1.54) is 17.0 Å². The van der Waals surface area contributed by atoms with Gasteiger partial charge in [-0.25, -0.2) is 8.42 Å². The molecule has 190 valence electrons. The number of carbonyl (C=O) groups is 2. The number of anilines is 1. The van der Waals surface area contributed by atoms with E-state index in [1.54, 1.807) is 42.5 Å². The molecule has 1 atom stereocenters. The molecule has 2 amide bonds. The van der Waals surface area contributed by atoms with E-state index in [-0.39, 0.29) is 17.3 Å². The number of nitrogens with zero attached hydrogens (tertiary/aromatic N) is 2. The first-order valence-electron chi connectivity index (χ1n) is 11.7. The van der Waals surface area contributed by atoms with Crippen LogP contribution in [0, 0.1) is 3.57 Å². The van der Waals surface area contributed by atoms with Crippen LogP contribution < -0.4 is 9.62 Å². The van der Waals surface area contributed by atoms with E-state index in [2.05, 4.69) is 27.9 Å². The zero-order valence-electron chi connectivity index (χ0n) is 20.3. The summed E-state index contributed by atoms with van der Waals surface area (Å²) < 4.78 is 29.4. The second-order valence-corrected chi connectivity index (χ2v) is 11.2. The number of likely N-dealkylation sites (N-methyl/N-ethyl adjacent to an activating group) is 1. The van der Waals surface area contributed by atoms with Gasteiger partial charge in [0.05, 0.1) is 10.6 Å². The van der Waals surface area contributed by atoms with Crippen LogP contribution in [-0.2, 0) is 26.2 Å². The van der Waals surface area contributed by atoms with Gasteiger partial charge in [-0.3, -0.25) is 13.9 Å². The number of hydrogen-bond donors (Lipinski definition) is 1. The Morgan fingerprint density at radius 2 is 1.47 bits per heavy atom. The molecule has 0 saturated carbocycles. The van der Waals surface area contributed by atoms with Crippen LogP contribution in [0.15, 0.2) is 89.8 Å². The first-order chi connectivity index (χ1) is 17.3. The third-order valence-corrected chi connectivity index (χ3v) is 8.16. The van der Waals surface area contributed by atoms with Crippen LogP contribution in [0.3, 0.4) is 0 Å². The van der Waals surface area contributed by atoms with E-state index in [0.29, 0.717) is 18.7 Å². The minimum absolute atomic E-state index is 0.0849. The Balaban J connectivity index is 2.03. The maximum atomic E-state index is 13.8. The van der Waals surface area contributed by atoms with Crippen LogP contribution in [0.1, 0.15) is 25.8 Å². The van der Waals surface area contributed by atoms with Crippen LogP contribution in [0.2, 0.25) is 0 Å². The lowest BCUT2D eigenvalue weighted by atomic mass is 10.1. The monoisotopic (exact) mass is 619 g/mol. The van der Waals surface area contributed by atoms with Gasteiger partial charge in [0.15, 0.2) is 0 Å². The molecule has 0 aliphatic heterocycles. The number of amides is 2. The Morgan fingerprint density at radius 3 is 2.03 bits per heavy atom. The van der Waals surface area contributed by atoms with E-state index in [9.17, 15) is 18.0 Å². The Bertz CT molecular complexity index is 1250. The summed E-state index contributed by atoms with van der Waals surface area (Å²) in [4.78, 5) is 28.3. The molecule has 3 rings (SSSR count). The summed E-state index contributed by atoms with van der Waals surface area (Å²) in [6.07, 6.45) is 0.388. The van der Waals surface area contributed by atoms with Crippen molar-refractivity contribution in [2.45, 2.75) is 37.8 Å². The highest BCUT2D eigenvalue weighted by Crippen LogP contribution is 2.25. The zero-order chi connectivity index (χ0) is 26.1. The molecule has 0 aromatic heterocycles. The second kappa shape index (κ2) is 12.9. The van der Waals surface area contributed by atoms with Crippen molar-refractivity contribution in [1.82, 2.24) is 10.2 Å². The fourth-order valence-corrected chi connectivity index (χ4v) is 5.64. The van der Waals surface area contributed by atoms with Gasteiger partial charge in [0.25, 0.3) is 10.0 Å². The molecule has 1 unspecified atom stereocenters. The van der Waals surface area contributed by atoms with Gasteiger partial charge in [-0.1, -0.05) is 55.5 Å². The van der Waals surface area contributed by atoms with Crippen molar-refractivity contribution in [3.05, 3.63) is 94.1 Å². The summed E-state index contributed by atoms with van der Waals surface area (Å²) >= 11 is 2.14. The molecule has 0 fully saturated rings. The Hall–Kier alpha value is -2.92. The standard InChI is InChI=1S/C27H30IN3O4S/c1-3-25(27(33)29-4-2)30(19-21-11-7-5-8-12-21)26(32)20-31(23-17-15-22(28)16-18-23)36(34,35)24-13-9-6-10-14-24/h5-18,25H,3-4,19-20H2,1-2H3,(H,29,33). The molecule has 0 aliphatic rings. The maximum Gasteiger partial charge on any atom is 0.264 e. The quantitative estimate of drug-likeness (QED) is 0.322. The van der Waals surface area contributed by atoms with Crippen molar-refractivity contribution in [3.63, 3.8) is 0 Å². The molecule has 0 aliphatic carbocycles. The highest BCUT2D eigenvalue weighted by Gasteiger charge is 2.33. The minimum Gasteiger partial charge on any atom is -0.355 e. The molecule has 0 spiro atoms. The van der Waals surface area contributed by atoms with Crippen molar-refractivity contribution in [3.8, 4) is 0 Å². The Kier molecular flexibility index (Phi) is 9.89. The molecule has 9 heteroatoms. The van der Waals surface area contributed by atoms with Crippen molar-refractivity contribution in [2.75, 3.05) is 17.4 Å². The normalized spacial score (nSPS) is 12.0. The van der Waals surface area contributed by atoms with E-state index in [0.717, 1.165) is 13.4 Å². The molecule has 0 radical (unpaired) electrons. The molecule has 0 bridgehead atoms.